The summed E-state index contributed by atoms with van der Waals surface area (Å²) in [4.78, 5) is 4.12. The topological polar surface area (TPSA) is 64.9 Å². The van der Waals surface area contributed by atoms with Crippen molar-refractivity contribution in [2.24, 2.45) is 11.5 Å². The number of rotatable bonds is 3. The van der Waals surface area contributed by atoms with Gasteiger partial charge in [-0.1, -0.05) is 13.8 Å². The molecule has 0 unspecified atom stereocenters. The van der Waals surface area contributed by atoms with E-state index in [1.807, 2.05) is 18.5 Å². The van der Waals surface area contributed by atoms with Crippen LogP contribution in [0, 0.1) is 0 Å². The normalized spacial score (nSPS) is 9.62. The molecule has 1 aromatic heterocycles. The quantitative estimate of drug-likeness (QED) is 0.732. The van der Waals surface area contributed by atoms with Crippen LogP contribution < -0.4 is 11.5 Å². The fourth-order valence-corrected chi connectivity index (χ4v) is 1.31. The van der Waals surface area contributed by atoms with Crippen molar-refractivity contribution in [1.29, 1.82) is 0 Å². The minimum Gasteiger partial charge on any atom is -0.316 e. The van der Waals surface area contributed by atoms with Gasteiger partial charge in [-0.05, 0) is 19.3 Å². The molecule has 1 aromatic rings. The van der Waals surface area contributed by atoms with Gasteiger partial charge in [-0.25, -0.2) is 4.98 Å². The third kappa shape index (κ3) is 7.90. The van der Waals surface area contributed by atoms with Gasteiger partial charge in [0.1, 0.15) is 0 Å². The molecular weight excluding hydrogens is 182 g/mol. The van der Waals surface area contributed by atoms with Gasteiger partial charge in [0.2, 0.25) is 0 Å². The first-order chi connectivity index (χ1) is 6.20. The lowest BCUT2D eigenvalue weighted by Crippen LogP contribution is -2.28. The Bertz CT molecular complexity index is 185. The first-order valence-corrected chi connectivity index (χ1v) is 5.48. The molecule has 0 atom stereocenters. The van der Waals surface area contributed by atoms with E-state index in [2.05, 4.69) is 11.9 Å². The molecule has 1 heterocycles. The fourth-order valence-electron chi connectivity index (χ4n) is 0.590. The zero-order valence-electron chi connectivity index (χ0n) is 8.36. The standard InChI is InChI=1S/C6H9NS.C3H10N2/c1-2-3-6-7-4-5-8-6;1-2-3(4)5/h4-5H,2-3H2,1H3;3H,2,4-5H2,1H3. The average molecular weight is 201 g/mol. The number of nitrogens with zero attached hydrogens (tertiary/aromatic N) is 1. The van der Waals surface area contributed by atoms with Crippen LogP contribution >= 0.6 is 11.3 Å². The van der Waals surface area contributed by atoms with E-state index in [1.54, 1.807) is 11.3 Å². The van der Waals surface area contributed by atoms with E-state index >= 15 is 0 Å². The number of thiazole rings is 1. The van der Waals surface area contributed by atoms with Crippen LogP contribution in [-0.4, -0.2) is 11.1 Å². The van der Waals surface area contributed by atoms with Crippen molar-refractivity contribution in [2.45, 2.75) is 39.3 Å². The summed E-state index contributed by atoms with van der Waals surface area (Å²) in [5.74, 6) is 0. The number of aromatic nitrogens is 1. The third-order valence-electron chi connectivity index (χ3n) is 1.42. The van der Waals surface area contributed by atoms with Crippen LogP contribution in [0.1, 0.15) is 31.7 Å². The molecule has 1 rings (SSSR count). The number of hydrogen-bond acceptors (Lipinski definition) is 4. The first-order valence-electron chi connectivity index (χ1n) is 4.60. The van der Waals surface area contributed by atoms with E-state index in [0.717, 1.165) is 12.8 Å². The highest BCUT2D eigenvalue weighted by Gasteiger charge is 1.88. The summed E-state index contributed by atoms with van der Waals surface area (Å²) in [5.41, 5.74) is 10.1. The van der Waals surface area contributed by atoms with Gasteiger partial charge in [-0.3, -0.25) is 0 Å². The summed E-state index contributed by atoms with van der Waals surface area (Å²) in [5, 5.41) is 3.28. The Morgan fingerprint density at radius 2 is 2.08 bits per heavy atom. The van der Waals surface area contributed by atoms with E-state index in [0.29, 0.717) is 0 Å². The second-order valence-corrected chi connectivity index (χ2v) is 3.73. The minimum atomic E-state index is -0.116. The molecule has 0 aliphatic carbocycles. The molecule has 0 spiro atoms. The molecule has 0 aromatic carbocycles. The highest BCUT2D eigenvalue weighted by Crippen LogP contribution is 2.05. The van der Waals surface area contributed by atoms with E-state index in [9.17, 15) is 0 Å². The Labute approximate surface area is 84.2 Å². The molecule has 0 aliphatic rings. The van der Waals surface area contributed by atoms with Crippen LogP contribution in [0.2, 0.25) is 0 Å². The lowest BCUT2D eigenvalue weighted by Gasteiger charge is -1.92. The third-order valence-corrected chi connectivity index (χ3v) is 2.26. The van der Waals surface area contributed by atoms with Gasteiger partial charge in [-0.15, -0.1) is 11.3 Å². The van der Waals surface area contributed by atoms with Gasteiger partial charge in [0.15, 0.2) is 0 Å². The summed E-state index contributed by atoms with van der Waals surface area (Å²) in [6, 6.07) is 0. The Balaban J connectivity index is 0.000000252. The van der Waals surface area contributed by atoms with Crippen molar-refractivity contribution in [1.82, 2.24) is 4.98 Å². The summed E-state index contributed by atoms with van der Waals surface area (Å²) in [6.07, 6.45) is 4.94. The molecule has 76 valence electrons. The van der Waals surface area contributed by atoms with Crippen molar-refractivity contribution in [3.63, 3.8) is 0 Å². The molecule has 4 N–H and O–H groups in total. The number of aryl methyl sites for hydroxylation is 1. The number of nitrogens with two attached hydrogens (primary N) is 2. The smallest absolute Gasteiger partial charge is 0.0924 e. The molecular formula is C9H19N3S. The predicted octanol–water partition coefficient (Wildman–Crippen LogP) is 1.74. The second-order valence-electron chi connectivity index (χ2n) is 2.75. The van der Waals surface area contributed by atoms with Crippen molar-refractivity contribution >= 4 is 11.3 Å². The maximum atomic E-state index is 5.07. The molecule has 0 fully saturated rings. The molecule has 0 bridgehead atoms. The Hall–Kier alpha value is -0.450. The molecule has 13 heavy (non-hydrogen) atoms. The molecule has 0 saturated heterocycles. The molecule has 0 saturated carbocycles. The van der Waals surface area contributed by atoms with E-state index in [1.165, 1.54) is 11.4 Å². The number of hydrogen-bond donors (Lipinski definition) is 2. The fraction of sp³-hybridized carbons (Fsp3) is 0.667. The molecule has 4 heteroatoms. The minimum absolute atomic E-state index is 0.116. The van der Waals surface area contributed by atoms with Gasteiger partial charge in [0.25, 0.3) is 0 Å². The Kier molecular flexibility index (Phi) is 7.88. The van der Waals surface area contributed by atoms with E-state index < -0.39 is 0 Å². The van der Waals surface area contributed by atoms with Crippen molar-refractivity contribution in [3.05, 3.63) is 16.6 Å². The second kappa shape index (κ2) is 8.16. The SMILES string of the molecule is CCC(N)N.CCCc1nccs1. The van der Waals surface area contributed by atoms with Gasteiger partial charge in [0, 0.05) is 11.6 Å². The largest absolute Gasteiger partial charge is 0.316 e. The zero-order chi connectivity index (χ0) is 10.1. The summed E-state index contributed by atoms with van der Waals surface area (Å²) < 4.78 is 0. The monoisotopic (exact) mass is 201 g/mol. The Morgan fingerprint density at radius 3 is 2.38 bits per heavy atom. The molecule has 0 amide bonds. The summed E-state index contributed by atoms with van der Waals surface area (Å²) in [6.45, 7) is 4.12. The lowest BCUT2D eigenvalue weighted by molar-refractivity contribution is 0.682. The molecule has 0 radical (unpaired) electrons. The van der Waals surface area contributed by atoms with Crippen LogP contribution in [0.25, 0.3) is 0 Å². The van der Waals surface area contributed by atoms with Gasteiger partial charge in [0.05, 0.1) is 11.2 Å². The summed E-state index contributed by atoms with van der Waals surface area (Å²) in [7, 11) is 0. The van der Waals surface area contributed by atoms with Crippen LogP contribution in [-0.2, 0) is 6.42 Å². The highest BCUT2D eigenvalue weighted by atomic mass is 32.1. The van der Waals surface area contributed by atoms with Crippen LogP contribution in [0.15, 0.2) is 11.6 Å². The van der Waals surface area contributed by atoms with Crippen molar-refractivity contribution in [2.75, 3.05) is 0 Å². The average Bonchev–Trinajstić information content (AvgIpc) is 2.59. The molecule has 3 nitrogen and oxygen atoms in total. The van der Waals surface area contributed by atoms with Crippen molar-refractivity contribution in [3.8, 4) is 0 Å². The Morgan fingerprint density at radius 1 is 1.46 bits per heavy atom. The van der Waals surface area contributed by atoms with Gasteiger partial charge < -0.3 is 11.5 Å². The maximum absolute atomic E-state index is 5.07. The van der Waals surface area contributed by atoms with Gasteiger partial charge >= 0.3 is 0 Å². The van der Waals surface area contributed by atoms with Crippen LogP contribution in [0.4, 0.5) is 0 Å². The zero-order valence-corrected chi connectivity index (χ0v) is 9.18. The van der Waals surface area contributed by atoms with Crippen LogP contribution in [0.5, 0.6) is 0 Å². The maximum Gasteiger partial charge on any atom is 0.0924 e. The highest BCUT2D eigenvalue weighted by molar-refractivity contribution is 7.09. The van der Waals surface area contributed by atoms with Crippen molar-refractivity contribution < 1.29 is 0 Å². The van der Waals surface area contributed by atoms with Gasteiger partial charge in [-0.2, -0.15) is 0 Å². The van der Waals surface area contributed by atoms with Crippen LogP contribution in [0.3, 0.4) is 0 Å². The first kappa shape index (κ1) is 12.6. The van der Waals surface area contributed by atoms with E-state index in [-0.39, 0.29) is 6.17 Å². The summed E-state index contributed by atoms with van der Waals surface area (Å²) >= 11 is 1.74. The predicted molar refractivity (Wildman–Crippen MR) is 58.6 cm³/mol. The van der Waals surface area contributed by atoms with E-state index in [4.69, 9.17) is 11.5 Å². The molecule has 0 aliphatic heterocycles. The lowest BCUT2D eigenvalue weighted by atomic mass is 10.4.